The van der Waals surface area contributed by atoms with E-state index in [1.54, 1.807) is 6.26 Å². The Kier molecular flexibility index (Phi) is 3.88. The molecule has 1 N–H and O–H groups in total. The predicted octanol–water partition coefficient (Wildman–Crippen LogP) is 3.30. The van der Waals surface area contributed by atoms with Crippen LogP contribution in [0.25, 0.3) is 0 Å². The van der Waals surface area contributed by atoms with Crippen LogP contribution in [0.1, 0.15) is 29.9 Å². The number of hydrogen-bond donors (Lipinski definition) is 1. The summed E-state index contributed by atoms with van der Waals surface area (Å²) < 4.78 is 17.1. The van der Waals surface area contributed by atoms with Crippen LogP contribution in [0.3, 0.4) is 0 Å². The topological polar surface area (TPSA) is 43.6 Å². The van der Waals surface area contributed by atoms with Crippen molar-refractivity contribution in [3.63, 3.8) is 0 Å². The van der Waals surface area contributed by atoms with Crippen molar-refractivity contribution < 1.29 is 13.9 Å². The molecule has 0 fully saturated rings. The van der Waals surface area contributed by atoms with E-state index >= 15 is 0 Å². The van der Waals surface area contributed by atoms with Crippen molar-refractivity contribution in [3.8, 4) is 11.5 Å². The average Bonchev–Trinajstić information content (AvgIpc) is 2.81. The molecule has 1 aliphatic rings. The number of aryl methyl sites for hydroxylation is 1. The molecule has 21 heavy (non-hydrogen) atoms. The lowest BCUT2D eigenvalue weighted by molar-refractivity contribution is 0.228. The molecule has 2 heterocycles. The minimum Gasteiger partial charge on any atom is -0.489 e. The molecule has 0 spiro atoms. The quantitative estimate of drug-likeness (QED) is 0.940. The summed E-state index contributed by atoms with van der Waals surface area (Å²) in [5, 5.41) is 3.34. The van der Waals surface area contributed by atoms with Gasteiger partial charge in [0.15, 0.2) is 11.5 Å². The third-order valence-corrected chi connectivity index (χ3v) is 3.85. The average molecular weight is 287 g/mol. The zero-order chi connectivity index (χ0) is 14.8. The van der Waals surface area contributed by atoms with Crippen LogP contribution in [0.15, 0.2) is 34.9 Å². The van der Waals surface area contributed by atoms with Crippen LogP contribution in [-0.2, 0) is 0 Å². The maximum absolute atomic E-state index is 5.87. The summed E-state index contributed by atoms with van der Waals surface area (Å²) >= 11 is 0. The van der Waals surface area contributed by atoms with Gasteiger partial charge in [0.1, 0.15) is 5.76 Å². The van der Waals surface area contributed by atoms with Gasteiger partial charge in [0.25, 0.3) is 0 Å². The van der Waals surface area contributed by atoms with E-state index in [0.717, 1.165) is 28.4 Å². The number of benzene rings is 1. The highest BCUT2D eigenvalue weighted by atomic mass is 16.5. The molecule has 112 valence electrons. The summed E-state index contributed by atoms with van der Waals surface area (Å²) in [6, 6.07) is 8.20. The summed E-state index contributed by atoms with van der Waals surface area (Å²) in [4.78, 5) is 0. The van der Waals surface area contributed by atoms with Crippen molar-refractivity contribution in [2.75, 3.05) is 20.3 Å². The van der Waals surface area contributed by atoms with Gasteiger partial charge in [-0.3, -0.25) is 0 Å². The molecule has 4 heteroatoms. The first-order valence-corrected chi connectivity index (χ1v) is 7.30. The lowest BCUT2D eigenvalue weighted by atomic mass is 9.99. The summed E-state index contributed by atoms with van der Waals surface area (Å²) in [5.74, 6) is 2.97. The molecule has 0 saturated carbocycles. The van der Waals surface area contributed by atoms with E-state index in [-0.39, 0.29) is 6.04 Å². The van der Waals surface area contributed by atoms with Crippen molar-refractivity contribution in [2.24, 2.45) is 5.92 Å². The standard InChI is InChI=1S/C17H21NO3/c1-11-9-20-15-5-4-13(8-16(15)21-10-11)17(18-3)14-6-7-19-12(14)2/h4-8,11,17-18H,9-10H2,1-3H3. The summed E-state index contributed by atoms with van der Waals surface area (Å²) in [5.41, 5.74) is 2.28. The third-order valence-electron chi connectivity index (χ3n) is 3.85. The number of fused-ring (bicyclic) bond motifs is 1. The van der Waals surface area contributed by atoms with Crippen LogP contribution in [0.4, 0.5) is 0 Å². The second kappa shape index (κ2) is 5.82. The highest BCUT2D eigenvalue weighted by Gasteiger charge is 2.20. The normalized spacial score (nSPS) is 19.1. The Morgan fingerprint density at radius 2 is 1.90 bits per heavy atom. The Morgan fingerprint density at radius 1 is 1.14 bits per heavy atom. The van der Waals surface area contributed by atoms with Crippen molar-refractivity contribution in [2.45, 2.75) is 19.9 Å². The van der Waals surface area contributed by atoms with Gasteiger partial charge < -0.3 is 19.2 Å². The van der Waals surface area contributed by atoms with Gasteiger partial charge in [0.2, 0.25) is 0 Å². The van der Waals surface area contributed by atoms with Gasteiger partial charge in [-0.05, 0) is 37.7 Å². The molecule has 1 aliphatic heterocycles. The molecule has 3 rings (SSSR count). The Labute approximate surface area is 125 Å². The van der Waals surface area contributed by atoms with Gasteiger partial charge in [-0.1, -0.05) is 13.0 Å². The molecule has 4 nitrogen and oxygen atoms in total. The van der Waals surface area contributed by atoms with E-state index < -0.39 is 0 Å². The lowest BCUT2D eigenvalue weighted by Gasteiger charge is -2.18. The third kappa shape index (κ3) is 2.76. The van der Waals surface area contributed by atoms with Crippen molar-refractivity contribution in [1.29, 1.82) is 0 Å². The van der Waals surface area contributed by atoms with Crippen molar-refractivity contribution in [3.05, 3.63) is 47.4 Å². The van der Waals surface area contributed by atoms with Crippen LogP contribution in [-0.4, -0.2) is 20.3 Å². The Balaban J connectivity index is 1.94. The molecule has 0 aliphatic carbocycles. The molecule has 2 unspecified atom stereocenters. The zero-order valence-corrected chi connectivity index (χ0v) is 12.7. The molecular weight excluding hydrogens is 266 g/mol. The zero-order valence-electron chi connectivity index (χ0n) is 12.7. The van der Waals surface area contributed by atoms with Gasteiger partial charge in [0, 0.05) is 11.5 Å². The molecule has 1 aromatic heterocycles. The van der Waals surface area contributed by atoms with Crippen LogP contribution in [0, 0.1) is 12.8 Å². The van der Waals surface area contributed by atoms with Gasteiger partial charge in [-0.25, -0.2) is 0 Å². The predicted molar refractivity (Wildman–Crippen MR) is 80.9 cm³/mol. The largest absolute Gasteiger partial charge is 0.489 e. The second-order valence-corrected chi connectivity index (χ2v) is 5.59. The lowest BCUT2D eigenvalue weighted by Crippen LogP contribution is -2.18. The number of nitrogens with one attached hydrogen (secondary N) is 1. The molecule has 2 atom stereocenters. The summed E-state index contributed by atoms with van der Waals surface area (Å²) in [7, 11) is 1.95. The highest BCUT2D eigenvalue weighted by Crippen LogP contribution is 2.35. The smallest absolute Gasteiger partial charge is 0.161 e. The molecule has 2 aromatic rings. The van der Waals surface area contributed by atoms with Gasteiger partial charge in [-0.15, -0.1) is 0 Å². The van der Waals surface area contributed by atoms with Crippen LogP contribution in [0.2, 0.25) is 0 Å². The van der Waals surface area contributed by atoms with E-state index in [1.165, 1.54) is 0 Å². The monoisotopic (exact) mass is 287 g/mol. The maximum atomic E-state index is 5.87. The fourth-order valence-corrected chi connectivity index (χ4v) is 2.64. The maximum Gasteiger partial charge on any atom is 0.161 e. The number of ether oxygens (including phenoxy) is 2. The van der Waals surface area contributed by atoms with Crippen molar-refractivity contribution >= 4 is 0 Å². The van der Waals surface area contributed by atoms with E-state index in [9.17, 15) is 0 Å². The van der Waals surface area contributed by atoms with E-state index in [2.05, 4.69) is 24.4 Å². The first kappa shape index (κ1) is 14.0. The van der Waals surface area contributed by atoms with E-state index in [1.807, 2.05) is 26.1 Å². The Bertz CT molecular complexity index is 620. The highest BCUT2D eigenvalue weighted by molar-refractivity contribution is 5.46. The van der Waals surface area contributed by atoms with Crippen molar-refractivity contribution in [1.82, 2.24) is 5.32 Å². The fraction of sp³-hybridized carbons (Fsp3) is 0.412. The second-order valence-electron chi connectivity index (χ2n) is 5.59. The SMILES string of the molecule is CNC(c1ccc2c(c1)OCC(C)CO2)c1ccoc1C. The molecule has 0 radical (unpaired) electrons. The molecule has 1 aromatic carbocycles. The Hall–Kier alpha value is -1.94. The van der Waals surface area contributed by atoms with Crippen LogP contribution < -0.4 is 14.8 Å². The molecule has 0 amide bonds. The fourth-order valence-electron chi connectivity index (χ4n) is 2.64. The number of rotatable bonds is 3. The van der Waals surface area contributed by atoms with E-state index in [0.29, 0.717) is 19.1 Å². The molecular formula is C17H21NO3. The molecule has 0 saturated heterocycles. The van der Waals surface area contributed by atoms with Crippen LogP contribution in [0.5, 0.6) is 11.5 Å². The summed E-state index contributed by atoms with van der Waals surface area (Å²) in [6.07, 6.45) is 1.72. The first-order chi connectivity index (χ1) is 10.2. The summed E-state index contributed by atoms with van der Waals surface area (Å²) in [6.45, 7) is 5.48. The van der Waals surface area contributed by atoms with Gasteiger partial charge >= 0.3 is 0 Å². The number of furan rings is 1. The van der Waals surface area contributed by atoms with Gasteiger partial charge in [-0.2, -0.15) is 0 Å². The van der Waals surface area contributed by atoms with Crippen LogP contribution >= 0.6 is 0 Å². The van der Waals surface area contributed by atoms with Gasteiger partial charge in [0.05, 0.1) is 25.5 Å². The minimum atomic E-state index is 0.0818. The molecule has 0 bridgehead atoms. The Morgan fingerprint density at radius 3 is 2.57 bits per heavy atom. The minimum absolute atomic E-state index is 0.0818. The van der Waals surface area contributed by atoms with E-state index in [4.69, 9.17) is 13.9 Å². The first-order valence-electron chi connectivity index (χ1n) is 7.30. The number of hydrogen-bond acceptors (Lipinski definition) is 4.